The zero-order valence-corrected chi connectivity index (χ0v) is 19.1. The summed E-state index contributed by atoms with van der Waals surface area (Å²) in [6, 6.07) is 5.98. The van der Waals surface area contributed by atoms with Crippen LogP contribution in [0.4, 0.5) is 4.39 Å². The number of halogens is 1. The number of carbonyl (C=O) groups excluding carboxylic acids is 2. The van der Waals surface area contributed by atoms with Crippen molar-refractivity contribution < 1.29 is 14.0 Å². The van der Waals surface area contributed by atoms with Crippen LogP contribution in [0.15, 0.2) is 35.8 Å². The van der Waals surface area contributed by atoms with Crippen LogP contribution in [0.2, 0.25) is 0 Å². The van der Waals surface area contributed by atoms with Gasteiger partial charge in [0, 0.05) is 24.7 Å². The Labute approximate surface area is 191 Å². The van der Waals surface area contributed by atoms with E-state index in [-0.39, 0.29) is 23.7 Å². The Kier molecular flexibility index (Phi) is 5.26. The number of fused-ring (bicyclic) bond motifs is 1. The smallest absolute Gasteiger partial charge is 0.274 e. The zero-order valence-electron chi connectivity index (χ0n) is 17.5. The van der Waals surface area contributed by atoms with E-state index in [1.54, 1.807) is 21.4 Å². The predicted octanol–water partition coefficient (Wildman–Crippen LogP) is 3.92. The first-order chi connectivity index (χ1) is 15.4. The van der Waals surface area contributed by atoms with Gasteiger partial charge in [0.2, 0.25) is 0 Å². The lowest BCUT2D eigenvalue weighted by molar-refractivity contribution is 0.0451. The third-order valence-electron chi connectivity index (χ3n) is 5.60. The molecule has 4 heterocycles. The second-order valence-electron chi connectivity index (χ2n) is 7.67. The van der Waals surface area contributed by atoms with Crippen LogP contribution in [0.5, 0.6) is 0 Å². The van der Waals surface area contributed by atoms with Gasteiger partial charge in [-0.25, -0.2) is 14.4 Å². The van der Waals surface area contributed by atoms with Gasteiger partial charge in [0.05, 0.1) is 21.6 Å². The topological polar surface area (TPSA) is 79.6 Å². The number of imidazole rings is 1. The van der Waals surface area contributed by atoms with Crippen molar-refractivity contribution in [3.63, 3.8) is 0 Å². The summed E-state index contributed by atoms with van der Waals surface area (Å²) in [5.41, 5.74) is 2.34. The van der Waals surface area contributed by atoms with Crippen LogP contribution >= 0.6 is 22.7 Å². The van der Waals surface area contributed by atoms with Gasteiger partial charge in [0.25, 0.3) is 11.8 Å². The average molecular weight is 470 g/mol. The van der Waals surface area contributed by atoms with Crippen molar-refractivity contribution in [2.24, 2.45) is 0 Å². The van der Waals surface area contributed by atoms with E-state index in [1.807, 2.05) is 25.4 Å². The highest BCUT2D eigenvalue weighted by atomic mass is 32.1. The molecule has 0 radical (unpaired) electrons. The number of carbonyl (C=O) groups is 2. The van der Waals surface area contributed by atoms with Crippen LogP contribution in [0.25, 0.3) is 15.4 Å². The van der Waals surface area contributed by atoms with Gasteiger partial charge in [0.1, 0.15) is 17.2 Å². The number of aryl methyl sites for hydroxylation is 2. The number of nitrogens with zero attached hydrogens (tertiary/aromatic N) is 4. The first-order valence-corrected chi connectivity index (χ1v) is 11.9. The Morgan fingerprint density at radius 3 is 2.72 bits per heavy atom. The Morgan fingerprint density at radius 1 is 1.22 bits per heavy atom. The number of amides is 2. The van der Waals surface area contributed by atoms with E-state index in [4.69, 9.17) is 0 Å². The maximum absolute atomic E-state index is 13.3. The number of likely N-dealkylation sites (tertiary alicyclic amines) is 1. The van der Waals surface area contributed by atoms with Crippen LogP contribution in [-0.2, 0) is 0 Å². The zero-order chi connectivity index (χ0) is 22.4. The lowest BCUT2D eigenvalue weighted by Gasteiger charge is -2.40. The monoisotopic (exact) mass is 469 g/mol. The fourth-order valence-electron chi connectivity index (χ4n) is 3.89. The molecular weight excluding hydrogens is 449 g/mol. The molecule has 1 aliphatic rings. The molecule has 1 aromatic carbocycles. The maximum atomic E-state index is 13.3. The summed E-state index contributed by atoms with van der Waals surface area (Å²) >= 11 is 2.89. The van der Waals surface area contributed by atoms with Crippen molar-refractivity contribution >= 4 is 39.4 Å². The lowest BCUT2D eigenvalue weighted by Crippen LogP contribution is -2.56. The van der Waals surface area contributed by atoms with E-state index in [9.17, 15) is 14.0 Å². The molecule has 2 amide bonds. The first-order valence-electron chi connectivity index (χ1n) is 10.2. The number of hydrogen-bond acceptors (Lipinski definition) is 6. The molecule has 0 spiro atoms. The van der Waals surface area contributed by atoms with Crippen molar-refractivity contribution in [3.05, 3.63) is 63.7 Å². The van der Waals surface area contributed by atoms with Gasteiger partial charge >= 0.3 is 0 Å². The van der Waals surface area contributed by atoms with Crippen LogP contribution in [0.3, 0.4) is 0 Å². The Balaban J connectivity index is 1.30. The third kappa shape index (κ3) is 3.59. The fraction of sp³-hybridized carbons (Fsp3) is 0.273. The Hall–Kier alpha value is -3.11. The molecule has 32 heavy (non-hydrogen) atoms. The molecule has 0 bridgehead atoms. The van der Waals surface area contributed by atoms with Crippen LogP contribution in [0.1, 0.15) is 38.1 Å². The molecule has 1 atom stereocenters. The van der Waals surface area contributed by atoms with Crippen molar-refractivity contribution in [2.75, 3.05) is 13.1 Å². The molecular formula is C22H20FN5O2S2. The first kappa shape index (κ1) is 20.8. The standard InChI is InChI=1S/C22H20FN5O2S2/c1-12-18(28-9-10-31-22(28)25-12)20(29)24-11-16-7-8-27(16)21(30)17-19(32-13(2)26-17)14-3-5-15(23)6-4-14/h3-6,9-10,16H,7-8,11H2,1-2H3,(H,24,29). The fourth-order valence-corrected chi connectivity index (χ4v) is 5.56. The van der Waals surface area contributed by atoms with Crippen LogP contribution < -0.4 is 5.32 Å². The third-order valence-corrected chi connectivity index (χ3v) is 7.37. The summed E-state index contributed by atoms with van der Waals surface area (Å²) in [7, 11) is 0. The van der Waals surface area contributed by atoms with Gasteiger partial charge in [0.15, 0.2) is 4.96 Å². The van der Waals surface area contributed by atoms with E-state index in [0.29, 0.717) is 30.2 Å². The lowest BCUT2D eigenvalue weighted by atomic mass is 10.0. The molecule has 7 nitrogen and oxygen atoms in total. The summed E-state index contributed by atoms with van der Waals surface area (Å²) in [5, 5.41) is 5.62. The molecule has 1 N–H and O–H groups in total. The minimum atomic E-state index is -0.324. The summed E-state index contributed by atoms with van der Waals surface area (Å²) < 4.78 is 15.1. The van der Waals surface area contributed by atoms with Gasteiger partial charge in [-0.2, -0.15) is 0 Å². The average Bonchev–Trinajstić information content (AvgIpc) is 3.41. The Bertz CT molecular complexity index is 1320. The molecule has 4 aromatic rings. The molecule has 0 aliphatic carbocycles. The van der Waals surface area contributed by atoms with E-state index in [2.05, 4.69) is 15.3 Å². The normalized spacial score (nSPS) is 15.7. The number of aromatic nitrogens is 3. The number of nitrogens with one attached hydrogen (secondary N) is 1. The second-order valence-corrected chi connectivity index (χ2v) is 9.75. The Morgan fingerprint density at radius 2 is 2.00 bits per heavy atom. The highest BCUT2D eigenvalue weighted by Crippen LogP contribution is 2.33. The summed E-state index contributed by atoms with van der Waals surface area (Å²) in [5.74, 6) is -0.696. The van der Waals surface area contributed by atoms with Crippen LogP contribution in [0, 0.1) is 19.7 Å². The molecule has 0 saturated carbocycles. The molecule has 10 heteroatoms. The van der Waals surface area contributed by atoms with Crippen molar-refractivity contribution in [1.82, 2.24) is 24.6 Å². The number of hydrogen-bond donors (Lipinski definition) is 1. The summed E-state index contributed by atoms with van der Waals surface area (Å²) in [6.45, 7) is 4.63. The van der Waals surface area contributed by atoms with Gasteiger partial charge in [-0.15, -0.1) is 22.7 Å². The van der Waals surface area contributed by atoms with E-state index in [1.165, 1.54) is 34.8 Å². The van der Waals surface area contributed by atoms with Gasteiger partial charge in [-0.05, 0) is 38.0 Å². The van der Waals surface area contributed by atoms with Crippen molar-refractivity contribution in [2.45, 2.75) is 26.3 Å². The van der Waals surface area contributed by atoms with Crippen LogP contribution in [-0.4, -0.2) is 50.2 Å². The minimum absolute atomic E-state index is 0.0966. The molecule has 164 valence electrons. The molecule has 1 aliphatic heterocycles. The van der Waals surface area contributed by atoms with E-state index in [0.717, 1.165) is 26.8 Å². The predicted molar refractivity (Wildman–Crippen MR) is 122 cm³/mol. The summed E-state index contributed by atoms with van der Waals surface area (Å²) in [4.78, 5) is 38.2. The maximum Gasteiger partial charge on any atom is 0.274 e. The van der Waals surface area contributed by atoms with Gasteiger partial charge in [-0.3, -0.25) is 14.0 Å². The number of rotatable bonds is 5. The highest BCUT2D eigenvalue weighted by Gasteiger charge is 2.35. The van der Waals surface area contributed by atoms with Crippen molar-refractivity contribution in [3.8, 4) is 10.4 Å². The highest BCUT2D eigenvalue weighted by molar-refractivity contribution is 7.15. The second kappa shape index (κ2) is 8.10. The minimum Gasteiger partial charge on any atom is -0.349 e. The largest absolute Gasteiger partial charge is 0.349 e. The molecule has 3 aromatic heterocycles. The molecule has 1 saturated heterocycles. The van der Waals surface area contributed by atoms with Gasteiger partial charge < -0.3 is 10.2 Å². The molecule has 1 fully saturated rings. The van der Waals surface area contributed by atoms with E-state index >= 15 is 0 Å². The van der Waals surface area contributed by atoms with Gasteiger partial charge in [-0.1, -0.05) is 12.1 Å². The molecule has 1 unspecified atom stereocenters. The summed E-state index contributed by atoms with van der Waals surface area (Å²) in [6.07, 6.45) is 2.63. The van der Waals surface area contributed by atoms with Crippen molar-refractivity contribution in [1.29, 1.82) is 0 Å². The SMILES string of the molecule is Cc1nc(C(=O)N2CCC2CNC(=O)c2c(C)nc3sccn23)c(-c2ccc(F)cc2)s1. The number of benzene rings is 1. The quantitative estimate of drug-likeness (QED) is 0.481. The number of thiazole rings is 2. The van der Waals surface area contributed by atoms with E-state index < -0.39 is 0 Å². The molecule has 5 rings (SSSR count).